The predicted octanol–water partition coefficient (Wildman–Crippen LogP) is 3.90. The lowest BCUT2D eigenvalue weighted by Crippen LogP contribution is -2.38. The molecule has 1 aromatic rings. The molecule has 1 aliphatic carbocycles. The Labute approximate surface area is 169 Å². The number of hydrogen-bond donors (Lipinski definition) is 0. The third-order valence-electron chi connectivity index (χ3n) is 6.29. The minimum Gasteiger partial charge on any atom is -0.497 e. The summed E-state index contributed by atoms with van der Waals surface area (Å²) in [5.41, 5.74) is 1.16. The Bertz CT molecular complexity index is 647. The maximum absolute atomic E-state index is 12.3. The van der Waals surface area contributed by atoms with Gasteiger partial charge in [0.1, 0.15) is 5.75 Å². The van der Waals surface area contributed by atoms with Gasteiger partial charge in [-0.3, -0.25) is 9.69 Å². The Morgan fingerprint density at radius 3 is 2.75 bits per heavy atom. The monoisotopic (exact) mass is 389 g/mol. The quantitative estimate of drug-likeness (QED) is 0.631. The lowest BCUT2D eigenvalue weighted by molar-refractivity contribution is -0.145. The Kier molecular flexibility index (Phi) is 7.36. The molecule has 0 N–H and O–H groups in total. The van der Waals surface area contributed by atoms with Crippen LogP contribution in [0.15, 0.2) is 24.3 Å². The summed E-state index contributed by atoms with van der Waals surface area (Å²) in [6.07, 6.45) is 3.75. The summed E-state index contributed by atoms with van der Waals surface area (Å²) in [6, 6.07) is 8.50. The smallest absolute Gasteiger partial charge is 0.320 e. The molecule has 4 atom stereocenters. The average Bonchev–Trinajstić information content (AvgIpc) is 3.11. The topological polar surface area (TPSA) is 48.0 Å². The number of fused-ring (bicyclic) bond motifs is 1. The van der Waals surface area contributed by atoms with Crippen LogP contribution in [-0.4, -0.2) is 49.9 Å². The largest absolute Gasteiger partial charge is 0.497 e. The Hall–Kier alpha value is -1.59. The third kappa shape index (κ3) is 5.26. The predicted molar refractivity (Wildman–Crippen MR) is 109 cm³/mol. The zero-order chi connectivity index (χ0) is 20.1. The normalized spacial score (nSPS) is 27.1. The highest BCUT2D eigenvalue weighted by atomic mass is 16.5. The fraction of sp³-hybridized carbons (Fsp3) is 0.696. The van der Waals surface area contributed by atoms with Crippen LogP contribution in [0.1, 0.15) is 45.6 Å². The first-order valence-electron chi connectivity index (χ1n) is 10.6. The molecule has 0 spiro atoms. The second kappa shape index (κ2) is 9.75. The fourth-order valence-electron chi connectivity index (χ4n) is 4.74. The van der Waals surface area contributed by atoms with Crippen LogP contribution in [0.3, 0.4) is 0 Å². The Morgan fingerprint density at radius 1 is 1.25 bits per heavy atom. The van der Waals surface area contributed by atoms with Gasteiger partial charge in [0.2, 0.25) is 0 Å². The van der Waals surface area contributed by atoms with Gasteiger partial charge in [-0.05, 0) is 61.6 Å². The van der Waals surface area contributed by atoms with Crippen molar-refractivity contribution in [3.05, 3.63) is 29.8 Å². The van der Waals surface area contributed by atoms with E-state index < -0.39 is 0 Å². The number of esters is 1. The number of carbonyl (C=O) groups excluding carboxylic acids is 1. The maximum atomic E-state index is 12.3. The van der Waals surface area contributed by atoms with Crippen molar-refractivity contribution in [2.24, 2.45) is 17.8 Å². The van der Waals surface area contributed by atoms with Crippen molar-refractivity contribution >= 4 is 5.97 Å². The van der Waals surface area contributed by atoms with Crippen molar-refractivity contribution in [1.29, 1.82) is 0 Å². The van der Waals surface area contributed by atoms with Crippen LogP contribution in [0, 0.1) is 17.8 Å². The van der Waals surface area contributed by atoms with Crippen molar-refractivity contribution in [3.63, 3.8) is 0 Å². The number of rotatable bonds is 8. The summed E-state index contributed by atoms with van der Waals surface area (Å²) in [5, 5.41) is 0. The third-order valence-corrected chi connectivity index (χ3v) is 6.29. The molecule has 1 saturated carbocycles. The molecule has 0 bridgehead atoms. The van der Waals surface area contributed by atoms with Crippen LogP contribution >= 0.6 is 0 Å². The number of methoxy groups -OCH3 is 1. The lowest BCUT2D eigenvalue weighted by atomic mass is 9.85. The second-order valence-electron chi connectivity index (χ2n) is 8.56. The van der Waals surface area contributed by atoms with E-state index in [1.54, 1.807) is 7.11 Å². The summed E-state index contributed by atoms with van der Waals surface area (Å²) in [4.78, 5) is 14.6. The van der Waals surface area contributed by atoms with Crippen LogP contribution in [0.4, 0.5) is 0 Å². The molecular weight excluding hydrogens is 354 g/mol. The molecule has 0 radical (unpaired) electrons. The molecule has 3 rings (SSSR count). The standard InChI is InChI=1S/C23H35NO4/c1-5-27-23(25)14-24(13-17-7-6-8-21(9-17)26-4)20-10-18-12-22(16(2)3)28-15-19(18)11-20/h6-9,16,18-20,22H,5,10-15H2,1-4H3/t18-,19+,20-,22-/m0/s1. The highest BCUT2D eigenvalue weighted by Gasteiger charge is 2.42. The minimum absolute atomic E-state index is 0.142. The maximum Gasteiger partial charge on any atom is 0.320 e. The average molecular weight is 390 g/mol. The molecule has 0 aromatic heterocycles. The molecule has 5 nitrogen and oxygen atoms in total. The van der Waals surface area contributed by atoms with Crippen LogP contribution in [0.2, 0.25) is 0 Å². The van der Waals surface area contributed by atoms with Crippen LogP contribution in [0.25, 0.3) is 0 Å². The van der Waals surface area contributed by atoms with Gasteiger partial charge in [0.25, 0.3) is 0 Å². The highest BCUT2D eigenvalue weighted by molar-refractivity contribution is 5.71. The molecule has 0 unspecified atom stereocenters. The number of hydrogen-bond acceptors (Lipinski definition) is 5. The van der Waals surface area contributed by atoms with E-state index in [4.69, 9.17) is 14.2 Å². The molecule has 1 aliphatic heterocycles. The second-order valence-corrected chi connectivity index (χ2v) is 8.56. The van der Waals surface area contributed by atoms with E-state index >= 15 is 0 Å². The van der Waals surface area contributed by atoms with Crippen LogP contribution in [0.5, 0.6) is 5.75 Å². The zero-order valence-electron chi connectivity index (χ0n) is 17.7. The number of benzene rings is 1. The van der Waals surface area contributed by atoms with Crippen molar-refractivity contribution in [2.45, 2.75) is 58.7 Å². The Balaban J connectivity index is 1.70. The number of nitrogens with zero attached hydrogens (tertiary/aromatic N) is 1. The SMILES string of the molecule is CCOC(=O)CN(Cc1cccc(OC)c1)[C@@H]1C[C@@H]2CO[C@H](C(C)C)C[C@@H]2C1. The molecular formula is C23H35NO4. The molecule has 1 aromatic carbocycles. The van der Waals surface area contributed by atoms with E-state index in [1.165, 1.54) is 0 Å². The summed E-state index contributed by atoms with van der Waals surface area (Å²) < 4.78 is 16.7. The first kappa shape index (κ1) is 21.1. The van der Waals surface area contributed by atoms with E-state index in [2.05, 4.69) is 30.9 Å². The lowest BCUT2D eigenvalue weighted by Gasteiger charge is -2.34. The first-order valence-corrected chi connectivity index (χ1v) is 10.6. The molecule has 1 saturated heterocycles. The van der Waals surface area contributed by atoms with Gasteiger partial charge in [0.15, 0.2) is 0 Å². The van der Waals surface area contributed by atoms with Crippen LogP contribution < -0.4 is 4.74 Å². The molecule has 28 heavy (non-hydrogen) atoms. The van der Waals surface area contributed by atoms with Gasteiger partial charge < -0.3 is 14.2 Å². The van der Waals surface area contributed by atoms with Gasteiger partial charge in [-0.2, -0.15) is 0 Å². The Morgan fingerprint density at radius 2 is 2.04 bits per heavy atom. The van der Waals surface area contributed by atoms with Crippen molar-refractivity contribution < 1.29 is 19.0 Å². The van der Waals surface area contributed by atoms with E-state index in [9.17, 15) is 4.79 Å². The van der Waals surface area contributed by atoms with Crippen molar-refractivity contribution in [3.8, 4) is 5.75 Å². The summed E-state index contributed by atoms with van der Waals surface area (Å²) >= 11 is 0. The minimum atomic E-state index is -0.142. The van der Waals surface area contributed by atoms with Gasteiger partial charge in [-0.25, -0.2) is 0 Å². The van der Waals surface area contributed by atoms with Gasteiger partial charge in [0.05, 0.1) is 33.0 Å². The molecule has 5 heteroatoms. The van der Waals surface area contributed by atoms with Crippen molar-refractivity contribution in [2.75, 3.05) is 26.9 Å². The van der Waals surface area contributed by atoms with Gasteiger partial charge in [0, 0.05) is 12.6 Å². The number of carbonyl (C=O) groups is 1. The van der Waals surface area contributed by atoms with E-state index in [0.717, 1.165) is 43.7 Å². The van der Waals surface area contributed by atoms with Crippen LogP contribution in [-0.2, 0) is 20.8 Å². The van der Waals surface area contributed by atoms with E-state index in [0.29, 0.717) is 43.1 Å². The first-order chi connectivity index (χ1) is 13.5. The van der Waals surface area contributed by atoms with Gasteiger partial charge in [-0.1, -0.05) is 26.0 Å². The molecule has 156 valence electrons. The summed E-state index contributed by atoms with van der Waals surface area (Å²) in [7, 11) is 1.68. The van der Waals surface area contributed by atoms with Crippen molar-refractivity contribution in [1.82, 2.24) is 4.90 Å². The van der Waals surface area contributed by atoms with Gasteiger partial charge >= 0.3 is 5.97 Å². The molecule has 2 fully saturated rings. The summed E-state index contributed by atoms with van der Waals surface area (Å²) in [5.74, 6) is 2.57. The zero-order valence-corrected chi connectivity index (χ0v) is 17.7. The fourth-order valence-corrected chi connectivity index (χ4v) is 4.74. The van der Waals surface area contributed by atoms with E-state index in [-0.39, 0.29) is 5.97 Å². The van der Waals surface area contributed by atoms with E-state index in [1.807, 2.05) is 19.1 Å². The highest BCUT2D eigenvalue weighted by Crippen LogP contribution is 2.42. The number of ether oxygens (including phenoxy) is 3. The molecule has 0 amide bonds. The molecule has 2 aliphatic rings. The molecule has 1 heterocycles. The summed E-state index contributed by atoms with van der Waals surface area (Å²) in [6.45, 7) is 8.69. The van der Waals surface area contributed by atoms with Gasteiger partial charge in [-0.15, -0.1) is 0 Å².